The summed E-state index contributed by atoms with van der Waals surface area (Å²) in [6, 6.07) is 16.4. The lowest BCUT2D eigenvalue weighted by atomic mass is 10.0. The summed E-state index contributed by atoms with van der Waals surface area (Å²) >= 11 is 0. The Morgan fingerprint density at radius 3 is 2.67 bits per heavy atom. The molecule has 0 spiro atoms. The molecule has 1 aliphatic carbocycles. The number of rotatable bonds is 6. The predicted octanol–water partition coefficient (Wildman–Crippen LogP) is 6.33. The normalized spacial score (nSPS) is 13.2. The molecule has 1 amide bonds. The Bertz CT molecular complexity index is 1890. The fraction of sp³-hybridized carbons (Fsp3) is 0.133. The van der Waals surface area contributed by atoms with Crippen LogP contribution in [-0.4, -0.2) is 38.2 Å². The van der Waals surface area contributed by atoms with Crippen LogP contribution in [0.25, 0.3) is 55.6 Å². The number of nitrogens with zero attached hydrogens (tertiary/aromatic N) is 3. The van der Waals surface area contributed by atoms with E-state index < -0.39 is 5.82 Å². The van der Waals surface area contributed by atoms with Gasteiger partial charge in [0.15, 0.2) is 0 Å². The van der Waals surface area contributed by atoms with Gasteiger partial charge in [0.05, 0.1) is 35.9 Å². The van der Waals surface area contributed by atoms with Crippen molar-refractivity contribution in [3.05, 3.63) is 79.0 Å². The van der Waals surface area contributed by atoms with E-state index in [0.717, 1.165) is 57.2 Å². The molecule has 0 unspecified atom stereocenters. The van der Waals surface area contributed by atoms with Crippen LogP contribution < -0.4 is 10.1 Å². The molecule has 192 valence electrons. The molecule has 0 atom stereocenters. The molecule has 4 heterocycles. The molecule has 0 aliphatic heterocycles. The SMILES string of the molecule is COc1cc(F)cc(-c2nccc3[nH]c(-c4n[nH]c5ccc(-c6cncc(NC(=O)C7CC7)c6)cc45)cc23)c1. The molecule has 1 aliphatic rings. The highest BCUT2D eigenvalue weighted by molar-refractivity contribution is 6.01. The van der Waals surface area contributed by atoms with E-state index in [1.54, 1.807) is 24.7 Å². The zero-order valence-electron chi connectivity index (χ0n) is 21.0. The first-order chi connectivity index (χ1) is 19.1. The number of carbonyl (C=O) groups is 1. The van der Waals surface area contributed by atoms with Gasteiger partial charge in [-0.05, 0) is 60.9 Å². The van der Waals surface area contributed by atoms with Gasteiger partial charge in [-0.25, -0.2) is 4.39 Å². The molecule has 0 saturated heterocycles. The van der Waals surface area contributed by atoms with Gasteiger partial charge in [-0.2, -0.15) is 5.10 Å². The van der Waals surface area contributed by atoms with E-state index in [0.29, 0.717) is 22.7 Å². The second kappa shape index (κ2) is 9.05. The average Bonchev–Trinajstić information content (AvgIpc) is 3.58. The van der Waals surface area contributed by atoms with E-state index in [9.17, 15) is 9.18 Å². The van der Waals surface area contributed by atoms with Crippen LogP contribution in [0.1, 0.15) is 12.8 Å². The lowest BCUT2D eigenvalue weighted by Crippen LogP contribution is -2.13. The van der Waals surface area contributed by atoms with Crippen molar-refractivity contribution in [2.24, 2.45) is 5.92 Å². The molecular formula is C30H23FN6O2. The van der Waals surface area contributed by atoms with Crippen molar-refractivity contribution in [2.75, 3.05) is 12.4 Å². The standard InChI is InChI=1S/C30H23FN6O2/c1-39-22-10-18(8-20(31)12-22)28-24-13-27(35-25(24)6-7-33-28)29-23-11-17(4-5-26(23)36-37-29)19-9-21(15-32-14-19)34-30(38)16-2-3-16/h4-16,35H,2-3H2,1H3,(H,34,38)(H,36,37). The smallest absolute Gasteiger partial charge is 0.227 e. The molecular weight excluding hydrogens is 495 g/mol. The molecule has 7 rings (SSSR count). The fourth-order valence-electron chi connectivity index (χ4n) is 4.88. The number of pyridine rings is 2. The van der Waals surface area contributed by atoms with Crippen LogP contribution in [0.15, 0.2) is 73.2 Å². The molecule has 4 aromatic heterocycles. The topological polar surface area (TPSA) is 109 Å². The van der Waals surface area contributed by atoms with Gasteiger partial charge in [-0.3, -0.25) is 19.9 Å². The van der Waals surface area contributed by atoms with E-state index in [1.807, 2.05) is 30.3 Å². The third kappa shape index (κ3) is 4.27. The highest BCUT2D eigenvalue weighted by Crippen LogP contribution is 2.36. The lowest BCUT2D eigenvalue weighted by molar-refractivity contribution is -0.117. The summed E-state index contributed by atoms with van der Waals surface area (Å²) in [6.45, 7) is 0. The maximum atomic E-state index is 14.3. The fourth-order valence-corrected chi connectivity index (χ4v) is 4.88. The number of ether oxygens (including phenoxy) is 1. The summed E-state index contributed by atoms with van der Waals surface area (Å²) in [4.78, 5) is 24.5. The Balaban J connectivity index is 1.28. The number of aromatic amines is 2. The molecule has 1 fully saturated rings. The number of fused-ring (bicyclic) bond motifs is 2. The molecule has 9 heteroatoms. The first-order valence-corrected chi connectivity index (χ1v) is 12.6. The number of nitrogens with one attached hydrogen (secondary N) is 3. The minimum absolute atomic E-state index is 0.0471. The molecule has 6 aromatic rings. The molecule has 0 bridgehead atoms. The van der Waals surface area contributed by atoms with Crippen LogP contribution in [-0.2, 0) is 4.79 Å². The van der Waals surface area contributed by atoms with Crippen molar-refractivity contribution >= 4 is 33.4 Å². The van der Waals surface area contributed by atoms with Crippen molar-refractivity contribution in [1.82, 2.24) is 25.1 Å². The minimum Gasteiger partial charge on any atom is -0.497 e. The van der Waals surface area contributed by atoms with Gasteiger partial charge in [0.25, 0.3) is 0 Å². The number of methoxy groups -OCH3 is 1. The molecule has 3 N–H and O–H groups in total. The summed E-state index contributed by atoms with van der Waals surface area (Å²) < 4.78 is 19.5. The third-order valence-corrected chi connectivity index (χ3v) is 7.03. The van der Waals surface area contributed by atoms with Crippen LogP contribution in [0.5, 0.6) is 5.75 Å². The summed E-state index contributed by atoms with van der Waals surface area (Å²) in [5.74, 6) is 0.200. The van der Waals surface area contributed by atoms with Crippen molar-refractivity contribution in [2.45, 2.75) is 12.8 Å². The maximum absolute atomic E-state index is 14.3. The molecule has 2 aromatic carbocycles. The number of benzene rings is 2. The van der Waals surface area contributed by atoms with E-state index in [2.05, 4.69) is 36.5 Å². The van der Waals surface area contributed by atoms with Gasteiger partial charge in [0.2, 0.25) is 5.91 Å². The Labute approximate surface area is 222 Å². The predicted molar refractivity (Wildman–Crippen MR) is 148 cm³/mol. The van der Waals surface area contributed by atoms with Gasteiger partial charge < -0.3 is 15.0 Å². The highest BCUT2D eigenvalue weighted by atomic mass is 19.1. The van der Waals surface area contributed by atoms with Crippen molar-refractivity contribution in [3.63, 3.8) is 0 Å². The zero-order valence-corrected chi connectivity index (χ0v) is 21.0. The number of amides is 1. The van der Waals surface area contributed by atoms with E-state index in [1.165, 1.54) is 19.2 Å². The Morgan fingerprint density at radius 2 is 1.82 bits per heavy atom. The number of halogens is 1. The second-order valence-corrected chi connectivity index (χ2v) is 9.74. The van der Waals surface area contributed by atoms with Crippen molar-refractivity contribution in [3.8, 4) is 39.5 Å². The first kappa shape index (κ1) is 23.1. The van der Waals surface area contributed by atoms with Crippen LogP contribution in [0, 0.1) is 11.7 Å². The van der Waals surface area contributed by atoms with E-state index in [-0.39, 0.29) is 11.8 Å². The number of H-pyrrole nitrogens is 2. The Kier molecular flexibility index (Phi) is 5.36. The van der Waals surface area contributed by atoms with Gasteiger partial charge >= 0.3 is 0 Å². The molecule has 39 heavy (non-hydrogen) atoms. The van der Waals surface area contributed by atoms with Gasteiger partial charge in [-0.15, -0.1) is 0 Å². The zero-order chi connectivity index (χ0) is 26.5. The Hall–Kier alpha value is -5.05. The summed E-state index contributed by atoms with van der Waals surface area (Å²) in [5.41, 5.74) is 7.07. The largest absolute Gasteiger partial charge is 0.497 e. The number of hydrogen-bond acceptors (Lipinski definition) is 5. The van der Waals surface area contributed by atoms with Crippen molar-refractivity contribution in [1.29, 1.82) is 0 Å². The number of anilines is 1. The van der Waals surface area contributed by atoms with Crippen LogP contribution in [0.4, 0.5) is 10.1 Å². The highest BCUT2D eigenvalue weighted by Gasteiger charge is 2.29. The lowest BCUT2D eigenvalue weighted by Gasteiger charge is -2.07. The van der Waals surface area contributed by atoms with Crippen LogP contribution in [0.3, 0.4) is 0 Å². The van der Waals surface area contributed by atoms with Gasteiger partial charge in [-0.1, -0.05) is 6.07 Å². The second-order valence-electron chi connectivity index (χ2n) is 9.74. The van der Waals surface area contributed by atoms with Crippen molar-refractivity contribution < 1.29 is 13.9 Å². The van der Waals surface area contributed by atoms with Crippen LogP contribution in [0.2, 0.25) is 0 Å². The molecule has 8 nitrogen and oxygen atoms in total. The molecule has 1 saturated carbocycles. The maximum Gasteiger partial charge on any atom is 0.227 e. The summed E-state index contributed by atoms with van der Waals surface area (Å²) in [6.07, 6.45) is 7.02. The third-order valence-electron chi connectivity index (χ3n) is 7.03. The van der Waals surface area contributed by atoms with E-state index in [4.69, 9.17) is 4.74 Å². The number of carbonyl (C=O) groups excluding carboxylic acids is 1. The van der Waals surface area contributed by atoms with Gasteiger partial charge in [0, 0.05) is 51.8 Å². The number of hydrogen-bond donors (Lipinski definition) is 3. The minimum atomic E-state index is -0.393. The molecule has 0 radical (unpaired) electrons. The van der Waals surface area contributed by atoms with Gasteiger partial charge in [0.1, 0.15) is 17.3 Å². The number of aromatic nitrogens is 5. The Morgan fingerprint density at radius 1 is 0.949 bits per heavy atom. The average molecular weight is 519 g/mol. The van der Waals surface area contributed by atoms with E-state index >= 15 is 0 Å². The summed E-state index contributed by atoms with van der Waals surface area (Å²) in [7, 11) is 1.51. The van der Waals surface area contributed by atoms with Crippen LogP contribution >= 0.6 is 0 Å². The monoisotopic (exact) mass is 518 g/mol. The first-order valence-electron chi connectivity index (χ1n) is 12.6. The quantitative estimate of drug-likeness (QED) is 0.239. The summed E-state index contributed by atoms with van der Waals surface area (Å²) in [5, 5.41) is 12.4.